The molecule has 0 radical (unpaired) electrons. The standard InChI is InChI=1S/C27H46O4/c1-27(2,3)31-26(29)24-18-20-25(21-19-24)30-23-17-15-13-11-9-7-5-4-6-8-10-12-14-16-22-28/h18-21,28H,4-17,22-23H2,1-3H3. The van der Waals surface area contributed by atoms with E-state index in [-0.39, 0.29) is 5.97 Å². The van der Waals surface area contributed by atoms with Crippen LogP contribution in [-0.4, -0.2) is 29.9 Å². The lowest BCUT2D eigenvalue weighted by atomic mass is 10.0. The van der Waals surface area contributed by atoms with Crippen molar-refractivity contribution in [3.8, 4) is 5.75 Å². The quantitative estimate of drug-likeness (QED) is 0.192. The zero-order valence-corrected chi connectivity index (χ0v) is 20.3. The highest BCUT2D eigenvalue weighted by Crippen LogP contribution is 2.17. The van der Waals surface area contributed by atoms with Crippen molar-refractivity contribution >= 4 is 5.97 Å². The molecule has 178 valence electrons. The van der Waals surface area contributed by atoms with Gasteiger partial charge < -0.3 is 14.6 Å². The smallest absolute Gasteiger partial charge is 0.338 e. The van der Waals surface area contributed by atoms with Crippen LogP contribution >= 0.6 is 0 Å². The third-order valence-corrected chi connectivity index (χ3v) is 5.31. The first-order chi connectivity index (χ1) is 14.9. The minimum absolute atomic E-state index is 0.298. The number of carbonyl (C=O) groups excluding carboxylic acids is 1. The van der Waals surface area contributed by atoms with Gasteiger partial charge in [0.25, 0.3) is 0 Å². The van der Waals surface area contributed by atoms with Crippen molar-refractivity contribution in [1.29, 1.82) is 0 Å². The largest absolute Gasteiger partial charge is 0.494 e. The highest BCUT2D eigenvalue weighted by atomic mass is 16.6. The van der Waals surface area contributed by atoms with Crippen LogP contribution in [0.3, 0.4) is 0 Å². The average Bonchev–Trinajstić information content (AvgIpc) is 2.72. The Bertz CT molecular complexity index is 560. The zero-order chi connectivity index (χ0) is 22.8. The molecule has 1 aromatic carbocycles. The van der Waals surface area contributed by atoms with E-state index in [4.69, 9.17) is 14.6 Å². The van der Waals surface area contributed by atoms with Crippen LogP contribution in [0.15, 0.2) is 24.3 Å². The lowest BCUT2D eigenvalue weighted by Gasteiger charge is -2.19. The van der Waals surface area contributed by atoms with Crippen molar-refractivity contribution in [2.75, 3.05) is 13.2 Å². The predicted octanol–water partition coefficient (Wildman–Crippen LogP) is 7.47. The van der Waals surface area contributed by atoms with Crippen LogP contribution in [-0.2, 0) is 4.74 Å². The van der Waals surface area contributed by atoms with Gasteiger partial charge >= 0.3 is 5.97 Å². The fraction of sp³-hybridized carbons (Fsp3) is 0.741. The van der Waals surface area contributed by atoms with E-state index in [0.29, 0.717) is 12.2 Å². The SMILES string of the molecule is CC(C)(C)OC(=O)c1ccc(OCCCCCCCCCCCCCCCCO)cc1. The van der Waals surface area contributed by atoms with Gasteiger partial charge in [0.15, 0.2) is 0 Å². The third kappa shape index (κ3) is 15.8. The molecule has 1 aromatic rings. The average molecular weight is 435 g/mol. The van der Waals surface area contributed by atoms with E-state index in [1.807, 2.05) is 32.9 Å². The van der Waals surface area contributed by atoms with Crippen LogP contribution in [0.5, 0.6) is 5.75 Å². The van der Waals surface area contributed by atoms with E-state index in [1.165, 1.54) is 77.0 Å². The Morgan fingerprint density at radius 3 is 1.55 bits per heavy atom. The maximum absolute atomic E-state index is 12.0. The van der Waals surface area contributed by atoms with Gasteiger partial charge in [0.1, 0.15) is 11.4 Å². The summed E-state index contributed by atoms with van der Waals surface area (Å²) in [6, 6.07) is 7.21. The molecular formula is C27H46O4. The van der Waals surface area contributed by atoms with Gasteiger partial charge in [-0.15, -0.1) is 0 Å². The van der Waals surface area contributed by atoms with E-state index in [0.717, 1.165) is 25.2 Å². The maximum Gasteiger partial charge on any atom is 0.338 e. The molecule has 0 fully saturated rings. The van der Waals surface area contributed by atoms with E-state index in [1.54, 1.807) is 12.1 Å². The van der Waals surface area contributed by atoms with Gasteiger partial charge in [0, 0.05) is 6.61 Å². The molecule has 0 saturated heterocycles. The molecule has 31 heavy (non-hydrogen) atoms. The van der Waals surface area contributed by atoms with Crippen molar-refractivity contribution in [3.05, 3.63) is 29.8 Å². The molecule has 0 aliphatic heterocycles. The number of aliphatic hydroxyl groups excluding tert-OH is 1. The van der Waals surface area contributed by atoms with Crippen LogP contribution < -0.4 is 4.74 Å². The van der Waals surface area contributed by atoms with E-state index in [9.17, 15) is 4.79 Å². The molecule has 4 heteroatoms. The summed E-state index contributed by atoms with van der Waals surface area (Å²) >= 11 is 0. The van der Waals surface area contributed by atoms with Gasteiger partial charge in [-0.3, -0.25) is 0 Å². The minimum Gasteiger partial charge on any atom is -0.494 e. The van der Waals surface area contributed by atoms with Gasteiger partial charge in [-0.2, -0.15) is 0 Å². The number of hydrogen-bond acceptors (Lipinski definition) is 4. The number of benzene rings is 1. The number of aliphatic hydroxyl groups is 1. The van der Waals surface area contributed by atoms with Crippen molar-refractivity contribution in [1.82, 2.24) is 0 Å². The van der Waals surface area contributed by atoms with Crippen LogP contribution in [0, 0.1) is 0 Å². The Labute approximate surface area is 190 Å². The normalized spacial score (nSPS) is 11.5. The fourth-order valence-electron chi connectivity index (χ4n) is 3.55. The Hall–Kier alpha value is -1.55. The number of ether oxygens (including phenoxy) is 2. The van der Waals surface area contributed by atoms with Gasteiger partial charge in [-0.25, -0.2) is 4.79 Å². The Balaban J connectivity index is 1.93. The molecule has 0 aliphatic carbocycles. The molecule has 0 aliphatic rings. The monoisotopic (exact) mass is 434 g/mol. The lowest BCUT2D eigenvalue weighted by Crippen LogP contribution is -2.23. The van der Waals surface area contributed by atoms with Crippen molar-refractivity contribution < 1.29 is 19.4 Å². The molecule has 1 rings (SSSR count). The van der Waals surface area contributed by atoms with Gasteiger partial charge in [0.2, 0.25) is 0 Å². The molecule has 0 saturated carbocycles. The highest BCUT2D eigenvalue weighted by molar-refractivity contribution is 5.89. The Morgan fingerprint density at radius 2 is 1.13 bits per heavy atom. The van der Waals surface area contributed by atoms with E-state index >= 15 is 0 Å². The van der Waals surface area contributed by atoms with Crippen LogP contribution in [0.4, 0.5) is 0 Å². The molecule has 0 spiro atoms. The van der Waals surface area contributed by atoms with E-state index < -0.39 is 5.60 Å². The second-order valence-electron chi connectivity index (χ2n) is 9.55. The fourth-order valence-corrected chi connectivity index (χ4v) is 3.55. The summed E-state index contributed by atoms with van der Waals surface area (Å²) in [6.07, 6.45) is 17.8. The first-order valence-electron chi connectivity index (χ1n) is 12.5. The number of esters is 1. The summed E-state index contributed by atoms with van der Waals surface area (Å²) < 4.78 is 11.2. The first-order valence-corrected chi connectivity index (χ1v) is 12.5. The van der Waals surface area contributed by atoms with Crippen LogP contribution in [0.25, 0.3) is 0 Å². The molecule has 0 atom stereocenters. The van der Waals surface area contributed by atoms with Crippen molar-refractivity contribution in [2.45, 2.75) is 116 Å². The van der Waals surface area contributed by atoms with Crippen molar-refractivity contribution in [2.24, 2.45) is 0 Å². The first kappa shape index (κ1) is 27.5. The Morgan fingerprint density at radius 1 is 0.710 bits per heavy atom. The number of rotatable bonds is 18. The molecule has 0 heterocycles. The topological polar surface area (TPSA) is 55.8 Å². The summed E-state index contributed by atoms with van der Waals surface area (Å²) in [5.41, 5.74) is 0.0770. The van der Waals surface area contributed by atoms with Crippen molar-refractivity contribution in [3.63, 3.8) is 0 Å². The number of hydrogen-bond donors (Lipinski definition) is 1. The number of carbonyl (C=O) groups is 1. The minimum atomic E-state index is -0.479. The summed E-state index contributed by atoms with van der Waals surface area (Å²) in [7, 11) is 0. The predicted molar refractivity (Wildman–Crippen MR) is 129 cm³/mol. The zero-order valence-electron chi connectivity index (χ0n) is 20.3. The molecule has 4 nitrogen and oxygen atoms in total. The van der Waals surface area contributed by atoms with E-state index in [2.05, 4.69) is 0 Å². The van der Waals surface area contributed by atoms with Crippen LogP contribution in [0.2, 0.25) is 0 Å². The van der Waals surface area contributed by atoms with Gasteiger partial charge in [-0.05, 0) is 57.9 Å². The summed E-state index contributed by atoms with van der Waals surface area (Å²) in [5, 5.41) is 8.75. The van der Waals surface area contributed by atoms with Crippen LogP contribution in [0.1, 0.15) is 121 Å². The molecule has 1 N–H and O–H groups in total. The molecule has 0 bridgehead atoms. The summed E-state index contributed by atoms with van der Waals surface area (Å²) in [4.78, 5) is 12.0. The second-order valence-corrected chi connectivity index (χ2v) is 9.55. The highest BCUT2D eigenvalue weighted by Gasteiger charge is 2.17. The number of unbranched alkanes of at least 4 members (excludes halogenated alkanes) is 13. The maximum atomic E-state index is 12.0. The summed E-state index contributed by atoms with van der Waals surface area (Å²) in [6.45, 7) is 6.68. The lowest BCUT2D eigenvalue weighted by molar-refractivity contribution is 0.00695. The Kier molecular flexibility index (Phi) is 15.1. The molecular weight excluding hydrogens is 388 g/mol. The van der Waals surface area contributed by atoms with Gasteiger partial charge in [-0.1, -0.05) is 77.0 Å². The molecule has 0 aromatic heterocycles. The third-order valence-electron chi connectivity index (χ3n) is 5.31. The summed E-state index contributed by atoms with van der Waals surface area (Å²) in [5.74, 6) is 0.508. The molecule has 0 unspecified atom stereocenters. The molecule has 0 amide bonds. The second kappa shape index (κ2) is 17.1. The van der Waals surface area contributed by atoms with Gasteiger partial charge in [0.05, 0.1) is 12.2 Å².